The van der Waals surface area contributed by atoms with E-state index in [2.05, 4.69) is 6.92 Å². The molecule has 0 aliphatic heterocycles. The zero-order valence-corrected chi connectivity index (χ0v) is 15.2. The Morgan fingerprint density at radius 3 is 1.73 bits per heavy atom. The van der Waals surface area contributed by atoms with E-state index in [0.29, 0.717) is 13.0 Å². The second-order valence-corrected chi connectivity index (χ2v) is 5.95. The number of aliphatic carboxylic acids is 1. The van der Waals surface area contributed by atoms with E-state index in [4.69, 9.17) is 11.6 Å². The number of hydrazine groups is 1. The first kappa shape index (κ1) is 23.9. The summed E-state index contributed by atoms with van der Waals surface area (Å²) >= 11 is 0. The Morgan fingerprint density at radius 2 is 1.36 bits per heavy atom. The number of nitrogens with zero attached hydrogens (tertiary/aromatic N) is 1. The van der Waals surface area contributed by atoms with Gasteiger partial charge in [0.15, 0.2) is 5.66 Å². The van der Waals surface area contributed by atoms with E-state index in [0.717, 1.165) is 19.3 Å². The second kappa shape index (κ2) is 14.2. The van der Waals surface area contributed by atoms with E-state index in [1.54, 1.807) is 0 Å². The highest BCUT2D eigenvalue weighted by molar-refractivity contribution is 5.85. The summed E-state index contributed by atoms with van der Waals surface area (Å²) in [6, 6.07) is 0. The molecule has 5 N–H and O–H groups in total. The van der Waals surface area contributed by atoms with E-state index in [9.17, 15) is 9.90 Å². The fraction of sp³-hybridized carbons (Fsp3) is 0.938. The van der Waals surface area contributed by atoms with Crippen molar-refractivity contribution in [1.29, 1.82) is 0 Å². The van der Waals surface area contributed by atoms with Crippen LogP contribution < -0.4 is 11.6 Å². The van der Waals surface area contributed by atoms with Gasteiger partial charge in [0, 0.05) is 6.54 Å². The number of halogens is 1. The quantitative estimate of drug-likeness (QED) is 0.195. The fourth-order valence-corrected chi connectivity index (χ4v) is 2.54. The molecule has 134 valence electrons. The van der Waals surface area contributed by atoms with Crippen LogP contribution in [0.2, 0.25) is 0 Å². The topological polar surface area (TPSA) is 92.6 Å². The third-order valence-corrected chi connectivity index (χ3v) is 4.14. The minimum atomic E-state index is -1.42. The van der Waals surface area contributed by atoms with Crippen LogP contribution in [0.3, 0.4) is 0 Å². The maximum absolute atomic E-state index is 11.3. The van der Waals surface area contributed by atoms with Crippen LogP contribution in [0.5, 0.6) is 0 Å². The molecule has 0 radical (unpaired) electrons. The number of likely N-dealkylation sites (N-methyl/N-ethyl adjacent to an activating group) is 1. The van der Waals surface area contributed by atoms with Crippen molar-refractivity contribution in [2.45, 2.75) is 90.1 Å². The molecule has 5 nitrogen and oxygen atoms in total. The Bertz CT molecular complexity index is 280. The molecule has 0 bridgehead atoms. The lowest BCUT2D eigenvalue weighted by Crippen LogP contribution is -2.64. The first-order valence-electron chi connectivity index (χ1n) is 8.53. The number of carboxylic acids is 1. The first-order valence-corrected chi connectivity index (χ1v) is 8.53. The van der Waals surface area contributed by atoms with Gasteiger partial charge in [-0.25, -0.2) is 9.80 Å². The lowest BCUT2D eigenvalue weighted by atomic mass is 10.00. The van der Waals surface area contributed by atoms with Gasteiger partial charge in [0.05, 0.1) is 0 Å². The molecule has 0 saturated carbocycles. The molecule has 0 aliphatic carbocycles. The summed E-state index contributed by atoms with van der Waals surface area (Å²) in [7, 11) is 0. The van der Waals surface area contributed by atoms with Crippen molar-refractivity contribution in [3.05, 3.63) is 0 Å². The average molecular weight is 338 g/mol. The number of hydrogen-bond donors (Lipinski definition) is 3. The summed E-state index contributed by atoms with van der Waals surface area (Å²) in [5.74, 6) is 4.66. The van der Waals surface area contributed by atoms with Crippen molar-refractivity contribution >= 4 is 18.4 Å². The van der Waals surface area contributed by atoms with Crippen LogP contribution in [0.4, 0.5) is 0 Å². The zero-order chi connectivity index (χ0) is 16.1. The van der Waals surface area contributed by atoms with Gasteiger partial charge in [0.1, 0.15) is 0 Å². The van der Waals surface area contributed by atoms with Crippen molar-refractivity contribution in [3.8, 4) is 0 Å². The molecule has 0 saturated heterocycles. The predicted molar refractivity (Wildman–Crippen MR) is 94.8 cm³/mol. The highest BCUT2D eigenvalue weighted by Crippen LogP contribution is 2.17. The highest BCUT2D eigenvalue weighted by Gasteiger charge is 2.37. The maximum atomic E-state index is 11.3. The predicted octanol–water partition coefficient (Wildman–Crippen LogP) is 3.65. The van der Waals surface area contributed by atoms with Crippen molar-refractivity contribution in [2.75, 3.05) is 6.54 Å². The normalized spacial score (nSPS) is 13.7. The molecule has 0 aromatic heterocycles. The molecular weight excluding hydrogens is 302 g/mol. The first-order chi connectivity index (χ1) is 9.99. The fourth-order valence-electron chi connectivity index (χ4n) is 2.54. The minimum Gasteiger partial charge on any atom is -0.479 e. The van der Waals surface area contributed by atoms with Crippen LogP contribution in [0.1, 0.15) is 84.5 Å². The summed E-state index contributed by atoms with van der Waals surface area (Å²) < 4.78 is 0. The van der Waals surface area contributed by atoms with Crippen molar-refractivity contribution in [2.24, 2.45) is 11.6 Å². The number of unbranched alkanes of at least 4 members (excludes halogenated alkanes) is 9. The summed E-state index contributed by atoms with van der Waals surface area (Å²) in [6.45, 7) is 4.47. The van der Waals surface area contributed by atoms with Gasteiger partial charge in [-0.3, -0.25) is 5.84 Å². The van der Waals surface area contributed by atoms with Crippen LogP contribution in [0, 0.1) is 0 Å². The molecule has 0 spiro atoms. The molecule has 0 unspecified atom stereocenters. The van der Waals surface area contributed by atoms with Gasteiger partial charge in [-0.2, -0.15) is 0 Å². The van der Waals surface area contributed by atoms with E-state index < -0.39 is 11.6 Å². The largest absolute Gasteiger partial charge is 0.479 e. The number of hydrogen-bond acceptors (Lipinski definition) is 4. The molecule has 0 fully saturated rings. The van der Waals surface area contributed by atoms with E-state index in [1.165, 1.54) is 50.0 Å². The summed E-state index contributed by atoms with van der Waals surface area (Å²) in [5, 5.41) is 10.5. The second-order valence-electron chi connectivity index (χ2n) is 5.95. The zero-order valence-electron chi connectivity index (χ0n) is 14.4. The number of carboxylic acid groups (broad SMARTS) is 1. The Morgan fingerprint density at radius 1 is 0.955 bits per heavy atom. The van der Waals surface area contributed by atoms with Crippen LogP contribution in [-0.4, -0.2) is 28.3 Å². The van der Waals surface area contributed by atoms with Gasteiger partial charge in [-0.15, -0.1) is 12.4 Å². The van der Waals surface area contributed by atoms with E-state index in [1.807, 2.05) is 6.92 Å². The molecular formula is C16H36ClN3O2. The molecule has 0 amide bonds. The third kappa shape index (κ3) is 9.62. The molecule has 0 heterocycles. The van der Waals surface area contributed by atoms with Gasteiger partial charge in [0.2, 0.25) is 0 Å². The number of carbonyl (C=O) groups is 1. The van der Waals surface area contributed by atoms with Crippen LogP contribution in [0.25, 0.3) is 0 Å². The summed E-state index contributed by atoms with van der Waals surface area (Å²) in [4.78, 5) is 11.3. The Labute approximate surface area is 142 Å². The molecule has 0 aromatic carbocycles. The summed E-state index contributed by atoms with van der Waals surface area (Å²) in [6.07, 6.45) is 12.6. The van der Waals surface area contributed by atoms with Crippen LogP contribution in [0.15, 0.2) is 0 Å². The average Bonchev–Trinajstić information content (AvgIpc) is 2.47. The molecule has 1 atom stereocenters. The maximum Gasteiger partial charge on any atom is 0.340 e. The van der Waals surface area contributed by atoms with E-state index >= 15 is 0 Å². The molecule has 0 aromatic rings. The van der Waals surface area contributed by atoms with Crippen molar-refractivity contribution in [3.63, 3.8) is 0 Å². The monoisotopic (exact) mass is 337 g/mol. The SMILES string of the molecule is CCCCCCCCCCCC[C@](N)(C(=O)O)N(N)CC.Cl. The van der Waals surface area contributed by atoms with Gasteiger partial charge >= 0.3 is 5.97 Å². The molecule has 0 aliphatic rings. The Kier molecular flexibility index (Phi) is 15.5. The molecule has 22 heavy (non-hydrogen) atoms. The van der Waals surface area contributed by atoms with Gasteiger partial charge < -0.3 is 10.8 Å². The molecule has 0 rings (SSSR count). The van der Waals surface area contributed by atoms with Gasteiger partial charge in [0.25, 0.3) is 0 Å². The van der Waals surface area contributed by atoms with Crippen molar-refractivity contribution in [1.82, 2.24) is 5.01 Å². The minimum absolute atomic E-state index is 0. The number of nitrogens with two attached hydrogens (primary N) is 2. The standard InChI is InChI=1S/C16H35N3O2.ClH/c1-3-5-6-7-8-9-10-11-12-13-14-16(17,15(20)21)19(18)4-2;/h3-14,17-18H2,1-2H3,(H,20,21);1H/t16-;/m1./s1. The van der Waals surface area contributed by atoms with Gasteiger partial charge in [-0.05, 0) is 12.8 Å². The Hall–Kier alpha value is -0.360. The Balaban J connectivity index is 0. The van der Waals surface area contributed by atoms with Crippen LogP contribution in [-0.2, 0) is 4.79 Å². The smallest absolute Gasteiger partial charge is 0.340 e. The van der Waals surface area contributed by atoms with Gasteiger partial charge in [-0.1, -0.05) is 71.6 Å². The lowest BCUT2D eigenvalue weighted by Gasteiger charge is -2.33. The number of rotatable bonds is 14. The lowest BCUT2D eigenvalue weighted by molar-refractivity contribution is -0.152. The summed E-state index contributed by atoms with van der Waals surface area (Å²) in [5.41, 5.74) is 4.48. The highest BCUT2D eigenvalue weighted by atomic mass is 35.5. The van der Waals surface area contributed by atoms with Crippen molar-refractivity contribution < 1.29 is 9.90 Å². The van der Waals surface area contributed by atoms with E-state index in [-0.39, 0.29) is 12.4 Å². The molecule has 6 heteroatoms. The van der Waals surface area contributed by atoms with Crippen LogP contribution >= 0.6 is 12.4 Å². The third-order valence-electron chi connectivity index (χ3n) is 4.14.